The summed E-state index contributed by atoms with van der Waals surface area (Å²) < 4.78 is 10.3. The molecule has 0 aliphatic carbocycles. The normalized spacial score (nSPS) is 12.7. The van der Waals surface area contributed by atoms with Gasteiger partial charge in [0, 0.05) is 12.3 Å². The first-order valence-corrected chi connectivity index (χ1v) is 9.19. The van der Waals surface area contributed by atoms with Gasteiger partial charge >= 0.3 is 11.9 Å². The van der Waals surface area contributed by atoms with Gasteiger partial charge in [-0.25, -0.2) is 9.59 Å². The van der Waals surface area contributed by atoms with Crippen molar-refractivity contribution in [3.8, 4) is 0 Å². The maximum absolute atomic E-state index is 12.2. The molecule has 0 amide bonds. The molecule has 0 heterocycles. The summed E-state index contributed by atoms with van der Waals surface area (Å²) in [6, 6.07) is 13.2. The highest BCUT2D eigenvalue weighted by Gasteiger charge is 2.25. The summed E-state index contributed by atoms with van der Waals surface area (Å²) in [5.41, 5.74) is 2.43. The van der Waals surface area contributed by atoms with Crippen LogP contribution in [0.25, 0.3) is 0 Å². The number of aryl methyl sites for hydroxylation is 1. The number of esters is 2. The second kappa shape index (κ2) is 10.6. The third-order valence-electron chi connectivity index (χ3n) is 4.03. The predicted octanol–water partition coefficient (Wildman–Crippen LogP) is 3.07. The van der Waals surface area contributed by atoms with E-state index in [4.69, 9.17) is 21.1 Å². The Labute approximate surface area is 168 Å². The second-order valence-corrected chi connectivity index (χ2v) is 6.48. The molecule has 7 heteroatoms. The number of hydrogen-bond acceptors (Lipinski definition) is 6. The van der Waals surface area contributed by atoms with Gasteiger partial charge < -0.3 is 19.4 Å². The van der Waals surface area contributed by atoms with Gasteiger partial charge in [0.2, 0.25) is 0 Å². The summed E-state index contributed by atoms with van der Waals surface area (Å²) in [6.45, 7) is 1.46. The van der Waals surface area contributed by atoms with Gasteiger partial charge in [-0.3, -0.25) is 0 Å². The van der Waals surface area contributed by atoms with Crippen molar-refractivity contribution >= 4 is 29.8 Å². The van der Waals surface area contributed by atoms with Crippen molar-refractivity contribution in [2.24, 2.45) is 0 Å². The van der Waals surface area contributed by atoms with E-state index in [2.05, 4.69) is 0 Å². The molecular formula is C21H21ClO6. The summed E-state index contributed by atoms with van der Waals surface area (Å²) in [5.74, 6) is -0.989. The Balaban J connectivity index is 1.94. The molecule has 0 unspecified atom stereocenters. The van der Waals surface area contributed by atoms with E-state index in [9.17, 15) is 19.5 Å². The third kappa shape index (κ3) is 6.18. The fraction of sp³-hybridized carbons (Fsp3) is 0.286. The largest absolute Gasteiger partial charge is 0.459 e. The molecule has 0 bridgehead atoms. The van der Waals surface area contributed by atoms with Crippen molar-refractivity contribution in [2.75, 3.05) is 6.61 Å². The number of alkyl halides is 1. The zero-order valence-corrected chi connectivity index (χ0v) is 16.1. The summed E-state index contributed by atoms with van der Waals surface area (Å²) in [4.78, 5) is 35.1. The van der Waals surface area contributed by atoms with E-state index >= 15 is 0 Å². The SMILES string of the molecule is Cc1ccc(C(=O)O[C@H](CC=O)[C@@H](O)COC(=O)c2ccc(CCl)cc2)cc1. The molecule has 0 aliphatic heterocycles. The van der Waals surface area contributed by atoms with Gasteiger partial charge in [-0.05, 0) is 36.8 Å². The highest BCUT2D eigenvalue weighted by molar-refractivity contribution is 6.17. The first kappa shape index (κ1) is 21.6. The van der Waals surface area contributed by atoms with Crippen LogP contribution in [-0.2, 0) is 20.1 Å². The van der Waals surface area contributed by atoms with E-state index < -0.39 is 30.8 Å². The Hall–Kier alpha value is -2.70. The predicted molar refractivity (Wildman–Crippen MR) is 103 cm³/mol. The standard InChI is InChI=1S/C21H21ClO6/c1-14-2-6-17(7-3-14)21(26)28-19(10-11-23)18(24)13-27-20(25)16-8-4-15(12-22)5-9-16/h2-9,11,18-19,24H,10,12-13H2,1H3/t18-,19+/m0/s1. The van der Waals surface area contributed by atoms with Crippen molar-refractivity contribution in [3.63, 3.8) is 0 Å². The molecule has 2 atom stereocenters. The van der Waals surface area contributed by atoms with Gasteiger partial charge in [0.1, 0.15) is 25.1 Å². The first-order chi connectivity index (χ1) is 13.4. The maximum Gasteiger partial charge on any atom is 0.338 e. The van der Waals surface area contributed by atoms with E-state index in [1.54, 1.807) is 48.5 Å². The quantitative estimate of drug-likeness (QED) is 0.392. The molecule has 0 saturated heterocycles. The lowest BCUT2D eigenvalue weighted by Gasteiger charge is -2.21. The number of benzene rings is 2. The summed E-state index contributed by atoms with van der Waals surface area (Å²) >= 11 is 5.70. The van der Waals surface area contributed by atoms with Crippen LogP contribution in [0.5, 0.6) is 0 Å². The number of aldehydes is 1. The fourth-order valence-corrected chi connectivity index (χ4v) is 2.53. The van der Waals surface area contributed by atoms with Gasteiger partial charge in [0.25, 0.3) is 0 Å². The number of halogens is 1. The highest BCUT2D eigenvalue weighted by Crippen LogP contribution is 2.12. The van der Waals surface area contributed by atoms with Gasteiger partial charge in [0.15, 0.2) is 0 Å². The zero-order valence-electron chi connectivity index (χ0n) is 15.3. The Bertz CT molecular complexity index is 801. The van der Waals surface area contributed by atoms with Crippen LogP contribution in [0.1, 0.15) is 38.3 Å². The van der Waals surface area contributed by atoms with Crippen LogP contribution in [0.15, 0.2) is 48.5 Å². The van der Waals surface area contributed by atoms with E-state index in [0.717, 1.165) is 11.1 Å². The molecule has 2 aromatic carbocycles. The Kier molecular flexibility index (Phi) is 8.17. The summed E-state index contributed by atoms with van der Waals surface area (Å²) in [5, 5.41) is 10.2. The molecule has 0 aromatic heterocycles. The van der Waals surface area contributed by atoms with Crippen LogP contribution in [0.3, 0.4) is 0 Å². The first-order valence-electron chi connectivity index (χ1n) is 8.66. The zero-order chi connectivity index (χ0) is 20.5. The molecule has 6 nitrogen and oxygen atoms in total. The molecular weight excluding hydrogens is 384 g/mol. The molecule has 2 rings (SSSR count). The minimum absolute atomic E-state index is 0.221. The van der Waals surface area contributed by atoms with Crippen molar-refractivity contribution in [2.45, 2.75) is 31.4 Å². The number of hydrogen-bond donors (Lipinski definition) is 1. The van der Waals surface area contributed by atoms with Crippen LogP contribution in [0.4, 0.5) is 0 Å². The van der Waals surface area contributed by atoms with Crippen molar-refractivity contribution in [3.05, 3.63) is 70.8 Å². The lowest BCUT2D eigenvalue weighted by molar-refractivity contribution is -0.112. The minimum Gasteiger partial charge on any atom is -0.459 e. The van der Waals surface area contributed by atoms with Crippen molar-refractivity contribution in [1.82, 2.24) is 0 Å². The highest BCUT2D eigenvalue weighted by atomic mass is 35.5. The van der Waals surface area contributed by atoms with E-state index in [1.165, 1.54) is 0 Å². The molecule has 1 N–H and O–H groups in total. The minimum atomic E-state index is -1.34. The number of ether oxygens (including phenoxy) is 2. The topological polar surface area (TPSA) is 89.9 Å². The van der Waals surface area contributed by atoms with Gasteiger partial charge in [-0.1, -0.05) is 29.8 Å². The molecule has 0 radical (unpaired) electrons. The molecule has 28 heavy (non-hydrogen) atoms. The average Bonchev–Trinajstić information content (AvgIpc) is 2.71. The van der Waals surface area contributed by atoms with Gasteiger partial charge in [0.05, 0.1) is 11.1 Å². The lowest BCUT2D eigenvalue weighted by atomic mass is 10.1. The van der Waals surface area contributed by atoms with Crippen LogP contribution in [0, 0.1) is 6.92 Å². The summed E-state index contributed by atoms with van der Waals surface area (Å²) in [6.07, 6.45) is -2.16. The molecule has 0 saturated carbocycles. The van der Waals surface area contributed by atoms with Crippen LogP contribution in [-0.4, -0.2) is 42.1 Å². The number of rotatable bonds is 9. The van der Waals surface area contributed by atoms with E-state index in [0.29, 0.717) is 23.3 Å². The molecule has 0 fully saturated rings. The second-order valence-electron chi connectivity index (χ2n) is 6.21. The maximum atomic E-state index is 12.2. The number of aliphatic hydroxyl groups excluding tert-OH is 1. The molecule has 148 valence electrons. The number of aliphatic hydroxyl groups is 1. The van der Waals surface area contributed by atoms with Gasteiger partial charge in [-0.15, -0.1) is 11.6 Å². The lowest BCUT2D eigenvalue weighted by Crippen LogP contribution is -2.36. The van der Waals surface area contributed by atoms with Crippen LogP contribution >= 0.6 is 11.6 Å². The van der Waals surface area contributed by atoms with Gasteiger partial charge in [-0.2, -0.15) is 0 Å². The number of carbonyl (C=O) groups excluding carboxylic acids is 3. The van der Waals surface area contributed by atoms with E-state index in [-0.39, 0.29) is 6.42 Å². The molecule has 0 spiro atoms. The molecule has 2 aromatic rings. The van der Waals surface area contributed by atoms with Crippen molar-refractivity contribution < 1.29 is 29.0 Å². The Morgan fingerprint density at radius 3 is 2.18 bits per heavy atom. The number of carbonyl (C=O) groups is 3. The third-order valence-corrected chi connectivity index (χ3v) is 4.34. The average molecular weight is 405 g/mol. The molecule has 0 aliphatic rings. The monoisotopic (exact) mass is 404 g/mol. The van der Waals surface area contributed by atoms with E-state index in [1.807, 2.05) is 6.92 Å². The Morgan fingerprint density at radius 2 is 1.61 bits per heavy atom. The summed E-state index contributed by atoms with van der Waals surface area (Å²) in [7, 11) is 0. The fourth-order valence-electron chi connectivity index (χ4n) is 2.36. The Morgan fingerprint density at radius 1 is 1.04 bits per heavy atom. The smallest absolute Gasteiger partial charge is 0.338 e. The van der Waals surface area contributed by atoms with Crippen molar-refractivity contribution in [1.29, 1.82) is 0 Å². The van der Waals surface area contributed by atoms with Crippen LogP contribution in [0.2, 0.25) is 0 Å². The van der Waals surface area contributed by atoms with Crippen LogP contribution < -0.4 is 0 Å².